The van der Waals surface area contributed by atoms with E-state index in [9.17, 15) is 5.11 Å². The number of hydrogen-bond acceptors (Lipinski definition) is 3. The highest BCUT2D eigenvalue weighted by Crippen LogP contribution is 2.22. The van der Waals surface area contributed by atoms with E-state index in [4.69, 9.17) is 4.74 Å². The molecule has 0 bridgehead atoms. The second kappa shape index (κ2) is 8.40. The minimum absolute atomic E-state index is 0.138. The lowest BCUT2D eigenvalue weighted by molar-refractivity contribution is 0.0936. The van der Waals surface area contributed by atoms with E-state index in [1.54, 1.807) is 0 Å². The minimum atomic E-state index is -0.493. The van der Waals surface area contributed by atoms with Crippen molar-refractivity contribution in [3.8, 4) is 5.75 Å². The van der Waals surface area contributed by atoms with Gasteiger partial charge in [-0.05, 0) is 44.2 Å². The van der Waals surface area contributed by atoms with E-state index >= 15 is 0 Å². The minimum Gasteiger partial charge on any atom is -0.490 e. The van der Waals surface area contributed by atoms with Crippen molar-refractivity contribution >= 4 is 0 Å². The topological polar surface area (TPSA) is 41.5 Å². The fraction of sp³-hybridized carbons (Fsp3) is 0.667. The summed E-state index contributed by atoms with van der Waals surface area (Å²) in [5, 5.41) is 13.7. The maximum absolute atomic E-state index is 10.2. The molecule has 2 N–H and O–H groups in total. The van der Waals surface area contributed by atoms with E-state index in [-0.39, 0.29) is 5.54 Å². The summed E-state index contributed by atoms with van der Waals surface area (Å²) >= 11 is 0. The van der Waals surface area contributed by atoms with Crippen molar-refractivity contribution in [3.05, 3.63) is 29.3 Å². The fourth-order valence-electron chi connectivity index (χ4n) is 2.72. The van der Waals surface area contributed by atoms with E-state index in [1.165, 1.54) is 0 Å². The van der Waals surface area contributed by atoms with Crippen molar-refractivity contribution in [1.82, 2.24) is 5.32 Å². The molecule has 0 amide bonds. The summed E-state index contributed by atoms with van der Waals surface area (Å²) in [6.45, 7) is 11.5. The molecule has 0 aliphatic heterocycles. The third kappa shape index (κ3) is 5.01. The average molecular weight is 293 g/mol. The molecule has 1 unspecified atom stereocenters. The zero-order valence-electron chi connectivity index (χ0n) is 14.2. The molecule has 1 aromatic carbocycles. The second-order valence-corrected chi connectivity index (χ2v) is 5.91. The van der Waals surface area contributed by atoms with Gasteiger partial charge in [0.15, 0.2) is 0 Å². The summed E-state index contributed by atoms with van der Waals surface area (Å²) in [6.07, 6.45) is 2.73. The van der Waals surface area contributed by atoms with Crippen LogP contribution in [0, 0.1) is 13.8 Å². The molecule has 120 valence electrons. The summed E-state index contributed by atoms with van der Waals surface area (Å²) in [6, 6.07) is 6.08. The standard InChI is InChI=1S/C18H31NO2/c1-6-18(7-2,8-3)19-12-16(20)13-21-17-14(4)10-9-11-15(17)5/h9-11,16,19-20H,6-8,12-13H2,1-5H3. The maximum atomic E-state index is 10.2. The quantitative estimate of drug-likeness (QED) is 0.731. The number of β-amino-alcohol motifs (C(OH)–C–C–N with tert-alkyl or cyclic N) is 1. The monoisotopic (exact) mass is 293 g/mol. The highest BCUT2D eigenvalue weighted by atomic mass is 16.5. The van der Waals surface area contributed by atoms with Crippen LogP contribution in [-0.4, -0.2) is 29.9 Å². The molecular weight excluding hydrogens is 262 g/mol. The number of para-hydroxylation sites is 1. The number of aliphatic hydroxyl groups is 1. The molecule has 0 saturated carbocycles. The van der Waals surface area contributed by atoms with Gasteiger partial charge in [0.05, 0.1) is 0 Å². The number of benzene rings is 1. The Kier molecular flexibility index (Phi) is 7.20. The molecule has 3 nitrogen and oxygen atoms in total. The van der Waals surface area contributed by atoms with E-state index < -0.39 is 6.10 Å². The maximum Gasteiger partial charge on any atom is 0.125 e. The summed E-state index contributed by atoms with van der Waals surface area (Å²) in [5.74, 6) is 0.893. The van der Waals surface area contributed by atoms with E-state index in [2.05, 4.69) is 26.1 Å². The van der Waals surface area contributed by atoms with Gasteiger partial charge in [0.1, 0.15) is 18.5 Å². The predicted octanol–water partition coefficient (Wildman–Crippen LogP) is 3.60. The number of aryl methyl sites for hydroxylation is 2. The lowest BCUT2D eigenvalue weighted by Gasteiger charge is -2.33. The van der Waals surface area contributed by atoms with Crippen molar-refractivity contribution < 1.29 is 9.84 Å². The molecule has 1 rings (SSSR count). The molecule has 0 aromatic heterocycles. The third-order valence-corrected chi connectivity index (χ3v) is 4.57. The Morgan fingerprint density at radius 1 is 1.10 bits per heavy atom. The first-order chi connectivity index (χ1) is 9.98. The molecule has 21 heavy (non-hydrogen) atoms. The van der Waals surface area contributed by atoms with Gasteiger partial charge in [0.2, 0.25) is 0 Å². The SMILES string of the molecule is CCC(CC)(CC)NCC(O)COc1c(C)cccc1C. The number of hydrogen-bond donors (Lipinski definition) is 2. The Balaban J connectivity index is 2.49. The summed E-state index contributed by atoms with van der Waals surface area (Å²) < 4.78 is 5.81. The van der Waals surface area contributed by atoms with Gasteiger partial charge in [-0.15, -0.1) is 0 Å². The van der Waals surface area contributed by atoms with Crippen molar-refractivity contribution in [3.63, 3.8) is 0 Å². The van der Waals surface area contributed by atoms with Crippen LogP contribution in [-0.2, 0) is 0 Å². The molecule has 0 spiro atoms. The van der Waals surface area contributed by atoms with Gasteiger partial charge in [-0.1, -0.05) is 39.0 Å². The van der Waals surface area contributed by atoms with Crippen LogP contribution in [0.1, 0.15) is 51.2 Å². The highest BCUT2D eigenvalue weighted by molar-refractivity contribution is 5.39. The molecule has 0 radical (unpaired) electrons. The van der Waals surface area contributed by atoms with E-state index in [0.29, 0.717) is 13.2 Å². The van der Waals surface area contributed by atoms with Crippen LogP contribution < -0.4 is 10.1 Å². The molecule has 0 aliphatic carbocycles. The van der Waals surface area contributed by atoms with Gasteiger partial charge in [-0.2, -0.15) is 0 Å². The Labute approximate surface area is 129 Å². The lowest BCUT2D eigenvalue weighted by Crippen LogP contribution is -2.47. The van der Waals surface area contributed by atoms with Crippen molar-refractivity contribution in [2.45, 2.75) is 65.5 Å². The smallest absolute Gasteiger partial charge is 0.125 e. The zero-order valence-corrected chi connectivity index (χ0v) is 14.2. The lowest BCUT2D eigenvalue weighted by atomic mass is 9.89. The van der Waals surface area contributed by atoms with Gasteiger partial charge in [0.25, 0.3) is 0 Å². The zero-order chi connectivity index (χ0) is 15.9. The first kappa shape index (κ1) is 18.0. The normalized spacial score (nSPS) is 13.2. The van der Waals surface area contributed by atoms with Crippen molar-refractivity contribution in [1.29, 1.82) is 0 Å². The van der Waals surface area contributed by atoms with Crippen LogP contribution >= 0.6 is 0 Å². The Morgan fingerprint density at radius 3 is 2.10 bits per heavy atom. The Morgan fingerprint density at radius 2 is 1.62 bits per heavy atom. The van der Waals surface area contributed by atoms with Crippen LogP contribution in [0.15, 0.2) is 18.2 Å². The van der Waals surface area contributed by atoms with Crippen LogP contribution in [0.3, 0.4) is 0 Å². The first-order valence-corrected chi connectivity index (χ1v) is 8.10. The largest absolute Gasteiger partial charge is 0.490 e. The van der Waals surface area contributed by atoms with Gasteiger partial charge in [-0.3, -0.25) is 0 Å². The molecule has 0 heterocycles. The molecule has 1 atom stereocenters. The number of ether oxygens (including phenoxy) is 1. The van der Waals surface area contributed by atoms with Crippen LogP contribution in [0.4, 0.5) is 0 Å². The van der Waals surface area contributed by atoms with Crippen LogP contribution in [0.25, 0.3) is 0 Å². The molecule has 1 aromatic rings. The summed E-state index contributed by atoms with van der Waals surface area (Å²) in [4.78, 5) is 0. The molecule has 0 fully saturated rings. The Bertz CT molecular complexity index is 399. The fourth-order valence-corrected chi connectivity index (χ4v) is 2.72. The first-order valence-electron chi connectivity index (χ1n) is 8.10. The summed E-state index contributed by atoms with van der Waals surface area (Å²) in [7, 11) is 0. The van der Waals surface area contributed by atoms with Crippen molar-refractivity contribution in [2.24, 2.45) is 0 Å². The number of rotatable bonds is 9. The molecule has 3 heteroatoms. The Hall–Kier alpha value is -1.06. The summed E-state index contributed by atoms with van der Waals surface area (Å²) in [5.41, 5.74) is 2.36. The average Bonchev–Trinajstić information content (AvgIpc) is 2.49. The van der Waals surface area contributed by atoms with E-state index in [1.807, 2.05) is 32.0 Å². The second-order valence-electron chi connectivity index (χ2n) is 5.91. The molecule has 0 aliphatic rings. The molecular formula is C18H31NO2. The van der Waals surface area contributed by atoms with Gasteiger partial charge >= 0.3 is 0 Å². The van der Waals surface area contributed by atoms with Gasteiger partial charge in [0, 0.05) is 12.1 Å². The number of aliphatic hydroxyl groups excluding tert-OH is 1. The van der Waals surface area contributed by atoms with Crippen LogP contribution in [0.5, 0.6) is 5.75 Å². The third-order valence-electron chi connectivity index (χ3n) is 4.57. The van der Waals surface area contributed by atoms with Gasteiger partial charge < -0.3 is 15.2 Å². The van der Waals surface area contributed by atoms with Crippen molar-refractivity contribution in [2.75, 3.05) is 13.2 Å². The predicted molar refractivity (Wildman–Crippen MR) is 89.0 cm³/mol. The van der Waals surface area contributed by atoms with Gasteiger partial charge in [-0.25, -0.2) is 0 Å². The number of nitrogens with one attached hydrogen (secondary N) is 1. The molecule has 0 saturated heterocycles. The van der Waals surface area contributed by atoms with E-state index in [0.717, 1.165) is 36.1 Å². The van der Waals surface area contributed by atoms with Crippen LogP contribution in [0.2, 0.25) is 0 Å². The highest BCUT2D eigenvalue weighted by Gasteiger charge is 2.23.